The van der Waals surface area contributed by atoms with Crippen LogP contribution >= 0.6 is 0 Å². The van der Waals surface area contributed by atoms with Crippen molar-refractivity contribution in [3.8, 4) is 0 Å². The van der Waals surface area contributed by atoms with E-state index in [2.05, 4.69) is 15.5 Å². The van der Waals surface area contributed by atoms with Gasteiger partial charge >= 0.3 is 0 Å². The fourth-order valence-corrected chi connectivity index (χ4v) is 2.33. The molecule has 0 aliphatic heterocycles. The van der Waals surface area contributed by atoms with E-state index in [1.165, 1.54) is 6.07 Å². The van der Waals surface area contributed by atoms with Crippen LogP contribution in [0.25, 0.3) is 5.65 Å². The lowest BCUT2D eigenvalue weighted by Crippen LogP contribution is -2.29. The smallest absolute Gasteiger partial charge is 0.225 e. The van der Waals surface area contributed by atoms with Crippen molar-refractivity contribution in [3.05, 3.63) is 65.9 Å². The van der Waals surface area contributed by atoms with Crippen LogP contribution in [-0.2, 0) is 11.2 Å². The van der Waals surface area contributed by atoms with Gasteiger partial charge in [-0.15, -0.1) is 10.2 Å². The molecule has 0 aliphatic carbocycles. The Hall–Kier alpha value is -2.76. The van der Waals surface area contributed by atoms with Crippen molar-refractivity contribution in [2.45, 2.75) is 19.4 Å². The van der Waals surface area contributed by atoms with E-state index in [0.29, 0.717) is 17.0 Å². The van der Waals surface area contributed by atoms with Crippen LogP contribution in [-0.4, -0.2) is 20.5 Å². The number of hydrogen-bond donors (Lipinski definition) is 1. The number of nitrogens with zero attached hydrogens (tertiary/aromatic N) is 3. The van der Waals surface area contributed by atoms with Gasteiger partial charge in [0.15, 0.2) is 11.5 Å². The van der Waals surface area contributed by atoms with Crippen molar-refractivity contribution in [2.24, 2.45) is 0 Å². The van der Waals surface area contributed by atoms with E-state index in [1.807, 2.05) is 35.7 Å². The molecule has 22 heavy (non-hydrogen) atoms. The molecule has 1 aromatic carbocycles. The number of benzene rings is 1. The molecule has 0 radical (unpaired) electrons. The summed E-state index contributed by atoms with van der Waals surface area (Å²) < 4.78 is 15.4. The van der Waals surface area contributed by atoms with Crippen LogP contribution in [0.4, 0.5) is 4.39 Å². The third-order valence-corrected chi connectivity index (χ3v) is 3.41. The molecule has 2 heterocycles. The lowest BCUT2D eigenvalue weighted by Gasteiger charge is -2.12. The van der Waals surface area contributed by atoms with E-state index in [-0.39, 0.29) is 24.2 Å². The Balaban J connectivity index is 1.73. The van der Waals surface area contributed by atoms with Crippen molar-refractivity contribution < 1.29 is 9.18 Å². The second-order valence-corrected chi connectivity index (χ2v) is 5.04. The highest BCUT2D eigenvalue weighted by Gasteiger charge is 2.16. The molecule has 3 aromatic rings. The Morgan fingerprint density at radius 3 is 2.82 bits per heavy atom. The average molecular weight is 298 g/mol. The largest absolute Gasteiger partial charge is 0.346 e. The van der Waals surface area contributed by atoms with Crippen molar-refractivity contribution in [1.29, 1.82) is 0 Å². The number of carbonyl (C=O) groups excluding carboxylic acids is 1. The molecule has 0 spiro atoms. The van der Waals surface area contributed by atoms with Crippen LogP contribution in [0.1, 0.15) is 24.4 Å². The van der Waals surface area contributed by atoms with Crippen LogP contribution in [0, 0.1) is 5.82 Å². The molecule has 0 aliphatic rings. The minimum atomic E-state index is -0.377. The monoisotopic (exact) mass is 298 g/mol. The van der Waals surface area contributed by atoms with Crippen LogP contribution in [0.2, 0.25) is 0 Å². The summed E-state index contributed by atoms with van der Waals surface area (Å²) in [6, 6.07) is 11.5. The molecule has 112 valence electrons. The maximum atomic E-state index is 13.6. The summed E-state index contributed by atoms with van der Waals surface area (Å²) in [5.41, 5.74) is 1.09. The predicted octanol–water partition coefficient (Wildman–Crippen LogP) is 2.29. The summed E-state index contributed by atoms with van der Waals surface area (Å²) in [5, 5.41) is 11.0. The fraction of sp³-hybridized carbons (Fsp3) is 0.188. The number of amides is 1. The average Bonchev–Trinajstić information content (AvgIpc) is 2.93. The van der Waals surface area contributed by atoms with Crippen molar-refractivity contribution in [3.63, 3.8) is 0 Å². The minimum Gasteiger partial charge on any atom is -0.346 e. The zero-order valence-electron chi connectivity index (χ0n) is 12.0. The van der Waals surface area contributed by atoms with Gasteiger partial charge in [-0.2, -0.15) is 0 Å². The molecule has 0 saturated carbocycles. The lowest BCUT2D eigenvalue weighted by molar-refractivity contribution is -0.121. The maximum Gasteiger partial charge on any atom is 0.225 e. The van der Waals surface area contributed by atoms with Crippen molar-refractivity contribution >= 4 is 11.6 Å². The van der Waals surface area contributed by atoms with Crippen LogP contribution < -0.4 is 5.32 Å². The van der Waals surface area contributed by atoms with Gasteiger partial charge < -0.3 is 5.32 Å². The number of carbonyl (C=O) groups is 1. The topological polar surface area (TPSA) is 59.3 Å². The second kappa shape index (κ2) is 5.93. The van der Waals surface area contributed by atoms with Crippen molar-refractivity contribution in [1.82, 2.24) is 19.9 Å². The van der Waals surface area contributed by atoms with Gasteiger partial charge in [-0.3, -0.25) is 9.20 Å². The van der Waals surface area contributed by atoms with E-state index >= 15 is 0 Å². The van der Waals surface area contributed by atoms with E-state index in [0.717, 1.165) is 0 Å². The highest BCUT2D eigenvalue weighted by atomic mass is 19.1. The third kappa shape index (κ3) is 2.81. The summed E-state index contributed by atoms with van der Waals surface area (Å²) in [6.07, 6.45) is 1.83. The Morgan fingerprint density at radius 1 is 1.23 bits per heavy atom. The molecule has 5 nitrogen and oxygen atoms in total. The van der Waals surface area contributed by atoms with Gasteiger partial charge in [0.2, 0.25) is 5.91 Å². The summed E-state index contributed by atoms with van der Waals surface area (Å²) in [6.45, 7) is 1.82. The van der Waals surface area contributed by atoms with Crippen LogP contribution in [0.15, 0.2) is 48.7 Å². The highest BCUT2D eigenvalue weighted by Crippen LogP contribution is 2.13. The summed E-state index contributed by atoms with van der Waals surface area (Å²) in [7, 11) is 0. The first kappa shape index (κ1) is 14.2. The van der Waals surface area contributed by atoms with Gasteiger partial charge in [-0.25, -0.2) is 4.39 Å². The summed E-state index contributed by atoms with van der Waals surface area (Å²) in [4.78, 5) is 12.1. The predicted molar refractivity (Wildman–Crippen MR) is 79.6 cm³/mol. The Bertz CT molecular complexity index is 815. The molecular weight excluding hydrogens is 283 g/mol. The molecular formula is C16H15FN4O. The Morgan fingerprint density at radius 2 is 2.00 bits per heavy atom. The van der Waals surface area contributed by atoms with E-state index in [9.17, 15) is 9.18 Å². The first-order valence-corrected chi connectivity index (χ1v) is 6.97. The third-order valence-electron chi connectivity index (χ3n) is 3.41. The lowest BCUT2D eigenvalue weighted by atomic mass is 10.1. The van der Waals surface area contributed by atoms with E-state index in [1.54, 1.807) is 18.2 Å². The molecule has 1 atom stereocenters. The van der Waals surface area contributed by atoms with Gasteiger partial charge in [-0.05, 0) is 30.7 Å². The normalized spacial score (nSPS) is 12.3. The highest BCUT2D eigenvalue weighted by molar-refractivity contribution is 5.79. The minimum absolute atomic E-state index is 0.00620. The Labute approximate surface area is 126 Å². The number of halogens is 1. The van der Waals surface area contributed by atoms with Gasteiger partial charge in [0, 0.05) is 6.20 Å². The SMILES string of the molecule is CC(NC(=O)Cc1ccccc1F)c1nnc2ccccn12. The zero-order chi connectivity index (χ0) is 15.5. The Kier molecular flexibility index (Phi) is 3.82. The second-order valence-electron chi connectivity index (χ2n) is 5.04. The zero-order valence-corrected chi connectivity index (χ0v) is 12.0. The van der Waals surface area contributed by atoms with Crippen LogP contribution in [0.5, 0.6) is 0 Å². The van der Waals surface area contributed by atoms with E-state index in [4.69, 9.17) is 0 Å². The molecule has 0 fully saturated rings. The quantitative estimate of drug-likeness (QED) is 0.804. The van der Waals surface area contributed by atoms with Crippen LogP contribution in [0.3, 0.4) is 0 Å². The number of aromatic nitrogens is 3. The fourth-order valence-electron chi connectivity index (χ4n) is 2.33. The molecule has 0 saturated heterocycles. The first-order valence-electron chi connectivity index (χ1n) is 6.97. The number of nitrogens with one attached hydrogen (secondary N) is 1. The molecule has 0 bridgehead atoms. The van der Waals surface area contributed by atoms with Gasteiger partial charge in [0.05, 0.1) is 12.5 Å². The molecule has 2 aromatic heterocycles. The number of pyridine rings is 1. The summed E-state index contributed by atoms with van der Waals surface area (Å²) >= 11 is 0. The maximum absolute atomic E-state index is 13.6. The molecule has 6 heteroatoms. The van der Waals surface area contributed by atoms with Crippen molar-refractivity contribution in [2.75, 3.05) is 0 Å². The number of fused-ring (bicyclic) bond motifs is 1. The summed E-state index contributed by atoms with van der Waals surface area (Å²) in [5.74, 6) is 0.000922. The molecule has 1 N–H and O–H groups in total. The molecule has 1 amide bonds. The van der Waals surface area contributed by atoms with E-state index < -0.39 is 0 Å². The number of hydrogen-bond acceptors (Lipinski definition) is 3. The van der Waals surface area contributed by atoms with Gasteiger partial charge in [0.1, 0.15) is 5.82 Å². The van der Waals surface area contributed by atoms with Gasteiger partial charge in [-0.1, -0.05) is 24.3 Å². The standard InChI is InChI=1S/C16H15FN4O/c1-11(16-20-19-14-8-4-5-9-21(14)16)18-15(22)10-12-6-2-3-7-13(12)17/h2-9,11H,10H2,1H3,(H,18,22). The first-order chi connectivity index (χ1) is 10.6. The van der Waals surface area contributed by atoms with Gasteiger partial charge in [0.25, 0.3) is 0 Å². The molecule has 3 rings (SSSR count). The molecule has 1 unspecified atom stereocenters. The number of rotatable bonds is 4.